The van der Waals surface area contributed by atoms with E-state index in [0.29, 0.717) is 6.42 Å². The van der Waals surface area contributed by atoms with Crippen molar-refractivity contribution in [2.45, 2.75) is 45.6 Å². The van der Waals surface area contributed by atoms with E-state index < -0.39 is 5.92 Å². The number of halogens is 3. The predicted octanol–water partition coefficient (Wildman–Crippen LogP) is 2.83. The van der Waals surface area contributed by atoms with Crippen LogP contribution < -0.4 is 5.73 Å². The summed E-state index contributed by atoms with van der Waals surface area (Å²) in [5, 5.41) is 0. The molecule has 0 aromatic heterocycles. The molecular weight excluding hydrogens is 184 g/mol. The van der Waals surface area contributed by atoms with Crippen molar-refractivity contribution in [2.24, 2.45) is 11.7 Å². The molecule has 2 N–H and O–H groups in total. The first-order valence-corrected chi connectivity index (χ1v) is 3.96. The van der Waals surface area contributed by atoms with E-state index >= 15 is 0 Å². The Morgan fingerprint density at radius 1 is 1.33 bits per heavy atom. The van der Waals surface area contributed by atoms with Crippen molar-refractivity contribution < 1.29 is 8.78 Å². The zero-order valence-electron chi connectivity index (χ0n) is 7.81. The van der Waals surface area contributed by atoms with Gasteiger partial charge < -0.3 is 5.73 Å². The highest BCUT2D eigenvalue weighted by atomic mass is 35.5. The second-order valence-electron chi connectivity index (χ2n) is 3.52. The molecule has 4 heteroatoms. The van der Waals surface area contributed by atoms with E-state index in [9.17, 15) is 8.78 Å². The Morgan fingerprint density at radius 2 is 1.75 bits per heavy atom. The predicted molar refractivity (Wildman–Crippen MR) is 49.9 cm³/mol. The third-order valence-electron chi connectivity index (χ3n) is 1.77. The summed E-state index contributed by atoms with van der Waals surface area (Å²) in [4.78, 5) is 0. The summed E-state index contributed by atoms with van der Waals surface area (Å²) in [5.41, 5.74) is 5.59. The van der Waals surface area contributed by atoms with Crippen LogP contribution in [0.4, 0.5) is 8.78 Å². The second kappa shape index (κ2) is 5.70. The molecule has 0 bridgehead atoms. The summed E-state index contributed by atoms with van der Waals surface area (Å²) < 4.78 is 24.6. The van der Waals surface area contributed by atoms with Gasteiger partial charge >= 0.3 is 0 Å². The highest BCUT2D eigenvalue weighted by Gasteiger charge is 2.22. The van der Waals surface area contributed by atoms with E-state index in [2.05, 4.69) is 0 Å². The Kier molecular flexibility index (Phi) is 6.95. The van der Waals surface area contributed by atoms with Gasteiger partial charge in [0.15, 0.2) is 0 Å². The summed E-state index contributed by atoms with van der Waals surface area (Å²) >= 11 is 0. The van der Waals surface area contributed by atoms with Crippen molar-refractivity contribution >= 4 is 12.4 Å². The molecule has 0 spiro atoms. The molecule has 1 nitrogen and oxygen atoms in total. The van der Waals surface area contributed by atoms with Gasteiger partial charge in [0.25, 0.3) is 0 Å². The van der Waals surface area contributed by atoms with Crippen LogP contribution in [0.5, 0.6) is 0 Å². The van der Waals surface area contributed by atoms with Crippen LogP contribution in [-0.2, 0) is 0 Å². The Hall–Kier alpha value is 0.110. The number of hydrogen-bond donors (Lipinski definition) is 1. The first-order valence-electron chi connectivity index (χ1n) is 3.96. The third-order valence-corrected chi connectivity index (χ3v) is 1.77. The van der Waals surface area contributed by atoms with Crippen LogP contribution in [0.15, 0.2) is 0 Å². The smallest absolute Gasteiger partial charge is 0.245 e. The van der Waals surface area contributed by atoms with Crippen molar-refractivity contribution in [3.05, 3.63) is 0 Å². The van der Waals surface area contributed by atoms with Crippen molar-refractivity contribution in [3.8, 4) is 0 Å². The van der Waals surface area contributed by atoms with Crippen molar-refractivity contribution in [1.82, 2.24) is 0 Å². The first kappa shape index (κ1) is 14.6. The fourth-order valence-electron chi connectivity index (χ4n) is 0.753. The molecule has 0 aromatic rings. The summed E-state index contributed by atoms with van der Waals surface area (Å²) in [7, 11) is 0. The second-order valence-corrected chi connectivity index (χ2v) is 3.52. The van der Waals surface area contributed by atoms with Crippen LogP contribution in [0.25, 0.3) is 0 Å². The lowest BCUT2D eigenvalue weighted by Crippen LogP contribution is -2.28. The Bertz CT molecular complexity index is 112. The van der Waals surface area contributed by atoms with Gasteiger partial charge in [-0.2, -0.15) is 0 Å². The van der Waals surface area contributed by atoms with Crippen molar-refractivity contribution in [3.63, 3.8) is 0 Å². The van der Waals surface area contributed by atoms with E-state index in [1.807, 2.05) is 13.8 Å². The molecule has 0 fully saturated rings. The Morgan fingerprint density at radius 3 is 2.00 bits per heavy atom. The summed E-state index contributed by atoms with van der Waals surface area (Å²) in [5.74, 6) is -2.27. The molecule has 0 rings (SSSR count). The molecule has 12 heavy (non-hydrogen) atoms. The molecule has 0 saturated carbocycles. The zero-order chi connectivity index (χ0) is 9.07. The van der Waals surface area contributed by atoms with Crippen molar-refractivity contribution in [2.75, 3.05) is 0 Å². The number of hydrogen-bond acceptors (Lipinski definition) is 1. The number of rotatable bonds is 4. The summed E-state index contributed by atoms with van der Waals surface area (Å²) in [6, 6.07) is -0.0965. The van der Waals surface area contributed by atoms with Gasteiger partial charge in [0, 0.05) is 12.5 Å². The highest BCUT2D eigenvalue weighted by molar-refractivity contribution is 5.85. The average Bonchev–Trinajstić information content (AvgIpc) is 1.80. The molecule has 0 heterocycles. The maximum atomic E-state index is 12.3. The van der Waals surface area contributed by atoms with E-state index in [0.717, 1.165) is 6.92 Å². The molecule has 1 unspecified atom stereocenters. The topological polar surface area (TPSA) is 26.0 Å². The number of nitrogens with two attached hydrogens (primary N) is 1. The maximum Gasteiger partial charge on any atom is 0.245 e. The zero-order valence-corrected chi connectivity index (χ0v) is 8.63. The molecule has 0 radical (unpaired) electrons. The van der Waals surface area contributed by atoms with E-state index in [-0.39, 0.29) is 30.8 Å². The third kappa shape index (κ3) is 8.21. The minimum atomic E-state index is -2.56. The Balaban J connectivity index is 0. The number of alkyl halides is 2. The highest BCUT2D eigenvalue weighted by Crippen LogP contribution is 2.20. The Labute approximate surface area is 79.1 Å². The molecule has 0 amide bonds. The van der Waals surface area contributed by atoms with Gasteiger partial charge in [-0.25, -0.2) is 8.78 Å². The molecule has 1 atom stereocenters. The SMILES string of the molecule is CC(C)C(N)CCC(C)(F)F.Cl. The van der Waals surface area contributed by atoms with Crippen LogP contribution in [0.1, 0.15) is 33.6 Å². The first-order chi connectivity index (χ1) is 4.83. The van der Waals surface area contributed by atoms with Gasteiger partial charge in [0.05, 0.1) is 0 Å². The average molecular weight is 202 g/mol. The summed E-state index contributed by atoms with van der Waals surface area (Å²) in [6.45, 7) is 4.82. The monoisotopic (exact) mass is 201 g/mol. The molecular formula is C8H18ClF2N. The van der Waals surface area contributed by atoms with Gasteiger partial charge in [-0.1, -0.05) is 13.8 Å². The largest absolute Gasteiger partial charge is 0.327 e. The van der Waals surface area contributed by atoms with E-state index in [1.165, 1.54) is 0 Å². The lowest BCUT2D eigenvalue weighted by atomic mass is 9.99. The molecule has 0 saturated heterocycles. The lowest BCUT2D eigenvalue weighted by molar-refractivity contribution is 0.00820. The molecule has 0 aromatic carbocycles. The van der Waals surface area contributed by atoms with Crippen molar-refractivity contribution in [1.29, 1.82) is 0 Å². The lowest BCUT2D eigenvalue weighted by Gasteiger charge is -2.17. The van der Waals surface area contributed by atoms with Crippen LogP contribution >= 0.6 is 12.4 Å². The minimum Gasteiger partial charge on any atom is -0.327 e. The fourth-order valence-corrected chi connectivity index (χ4v) is 0.753. The fraction of sp³-hybridized carbons (Fsp3) is 1.00. The summed E-state index contributed by atoms with van der Waals surface area (Å²) in [6.07, 6.45) is 0.299. The van der Waals surface area contributed by atoms with Crippen LogP contribution in [0.2, 0.25) is 0 Å². The van der Waals surface area contributed by atoms with Gasteiger partial charge in [-0.15, -0.1) is 12.4 Å². The van der Waals surface area contributed by atoms with E-state index in [1.54, 1.807) is 0 Å². The maximum absolute atomic E-state index is 12.3. The molecule has 76 valence electrons. The van der Waals surface area contributed by atoms with Crippen LogP contribution in [0, 0.1) is 5.92 Å². The van der Waals surface area contributed by atoms with Gasteiger partial charge in [0.2, 0.25) is 5.92 Å². The van der Waals surface area contributed by atoms with Gasteiger partial charge in [-0.05, 0) is 19.3 Å². The van der Waals surface area contributed by atoms with Gasteiger partial charge in [-0.3, -0.25) is 0 Å². The quantitative estimate of drug-likeness (QED) is 0.744. The standard InChI is InChI=1S/C8H17F2N.ClH/c1-6(2)7(11)4-5-8(3,9)10;/h6-7H,4-5,11H2,1-3H3;1H. The van der Waals surface area contributed by atoms with Crippen LogP contribution in [0.3, 0.4) is 0 Å². The molecule has 0 aliphatic carbocycles. The van der Waals surface area contributed by atoms with Crippen LogP contribution in [-0.4, -0.2) is 12.0 Å². The minimum absolute atomic E-state index is 0. The normalized spacial score (nSPS) is 14.2. The molecule has 0 aliphatic heterocycles. The van der Waals surface area contributed by atoms with Gasteiger partial charge in [0.1, 0.15) is 0 Å². The molecule has 0 aliphatic rings. The van der Waals surface area contributed by atoms with E-state index in [4.69, 9.17) is 5.73 Å².